The van der Waals surface area contributed by atoms with E-state index in [4.69, 9.17) is 0 Å². The summed E-state index contributed by atoms with van der Waals surface area (Å²) in [5.41, 5.74) is 1.15. The number of amides is 1. The number of non-ortho nitro benzene ring substituents is 1. The quantitative estimate of drug-likeness (QED) is 0.689. The molecule has 3 rings (SSSR count). The van der Waals surface area contributed by atoms with Crippen molar-refractivity contribution in [2.45, 2.75) is 32.5 Å². The number of benzene rings is 2. The Bertz CT molecular complexity index is 819. The molecule has 1 atom stereocenters. The molecule has 0 saturated heterocycles. The molecule has 0 bridgehead atoms. The van der Waals surface area contributed by atoms with Crippen LogP contribution in [-0.2, 0) is 5.66 Å². The largest absolute Gasteiger partial charge is 0.358 e. The molecule has 1 unspecified atom stereocenters. The molecule has 0 fully saturated rings. The normalized spacial score (nSPS) is 19.8. The van der Waals surface area contributed by atoms with E-state index < -0.39 is 10.6 Å². The third-order valence-corrected chi connectivity index (χ3v) is 4.37. The summed E-state index contributed by atoms with van der Waals surface area (Å²) in [5, 5.41) is 14.5. The van der Waals surface area contributed by atoms with E-state index in [0.717, 1.165) is 5.69 Å². The van der Waals surface area contributed by atoms with Crippen molar-refractivity contribution >= 4 is 17.3 Å². The van der Waals surface area contributed by atoms with Crippen molar-refractivity contribution in [2.75, 3.05) is 5.32 Å². The first-order valence-corrected chi connectivity index (χ1v) is 7.80. The van der Waals surface area contributed by atoms with E-state index in [-0.39, 0.29) is 17.6 Å². The van der Waals surface area contributed by atoms with Crippen LogP contribution in [-0.4, -0.2) is 21.8 Å². The highest BCUT2D eigenvalue weighted by Gasteiger charge is 2.44. The predicted octanol–water partition coefficient (Wildman–Crippen LogP) is 3.74. The lowest BCUT2D eigenvalue weighted by Crippen LogP contribution is -2.58. The topological polar surface area (TPSA) is 75.5 Å². The molecule has 0 aromatic heterocycles. The van der Waals surface area contributed by atoms with Gasteiger partial charge < -0.3 is 10.2 Å². The van der Waals surface area contributed by atoms with Gasteiger partial charge in [0.15, 0.2) is 0 Å². The first kappa shape index (κ1) is 16.0. The average Bonchev–Trinajstić information content (AvgIpc) is 2.54. The summed E-state index contributed by atoms with van der Waals surface area (Å²) in [5.74, 6) is -0.0895. The van der Waals surface area contributed by atoms with Gasteiger partial charge in [-0.15, -0.1) is 0 Å². The van der Waals surface area contributed by atoms with Crippen LogP contribution in [0.1, 0.15) is 36.7 Å². The summed E-state index contributed by atoms with van der Waals surface area (Å²) in [6.07, 6.45) is 0. The Balaban J connectivity index is 2.18. The Morgan fingerprint density at radius 3 is 2.54 bits per heavy atom. The maximum atomic E-state index is 13.0. The number of nitrogens with one attached hydrogen (secondary N) is 1. The zero-order valence-electron chi connectivity index (χ0n) is 13.8. The van der Waals surface area contributed by atoms with Gasteiger partial charge in [0, 0.05) is 29.4 Å². The Morgan fingerprint density at radius 2 is 1.88 bits per heavy atom. The maximum Gasteiger partial charge on any atom is 0.269 e. The van der Waals surface area contributed by atoms with Crippen LogP contribution < -0.4 is 5.32 Å². The minimum Gasteiger partial charge on any atom is -0.358 e. The molecule has 2 aromatic rings. The van der Waals surface area contributed by atoms with Crippen LogP contribution in [0.15, 0.2) is 48.5 Å². The van der Waals surface area contributed by atoms with Crippen molar-refractivity contribution in [2.24, 2.45) is 0 Å². The maximum absolute atomic E-state index is 13.0. The van der Waals surface area contributed by atoms with Gasteiger partial charge in [0.25, 0.3) is 11.6 Å². The Hall–Kier alpha value is -2.89. The van der Waals surface area contributed by atoms with Crippen molar-refractivity contribution in [1.82, 2.24) is 4.90 Å². The Morgan fingerprint density at radius 1 is 1.17 bits per heavy atom. The number of fused-ring (bicyclic) bond motifs is 1. The van der Waals surface area contributed by atoms with Gasteiger partial charge in [-0.25, -0.2) is 0 Å². The van der Waals surface area contributed by atoms with E-state index in [2.05, 4.69) is 5.32 Å². The van der Waals surface area contributed by atoms with Gasteiger partial charge in [0.05, 0.1) is 10.5 Å². The number of carbonyl (C=O) groups is 1. The van der Waals surface area contributed by atoms with Gasteiger partial charge in [0.2, 0.25) is 0 Å². The second kappa shape index (κ2) is 5.63. The molecule has 6 heteroatoms. The lowest BCUT2D eigenvalue weighted by atomic mass is 9.92. The van der Waals surface area contributed by atoms with Crippen LogP contribution in [0.4, 0.5) is 11.4 Å². The molecule has 1 amide bonds. The van der Waals surface area contributed by atoms with Crippen LogP contribution in [0.2, 0.25) is 0 Å². The third kappa shape index (κ3) is 2.40. The molecule has 1 aliphatic heterocycles. The highest BCUT2D eigenvalue weighted by molar-refractivity contribution is 6.02. The van der Waals surface area contributed by atoms with Crippen LogP contribution in [0.3, 0.4) is 0 Å². The fraction of sp³-hybridized carbons (Fsp3) is 0.278. The third-order valence-electron chi connectivity index (χ3n) is 4.37. The molecule has 0 spiro atoms. The molecule has 1 N–H and O–H groups in total. The molecule has 0 aliphatic carbocycles. The number of nitrogens with zero attached hydrogens (tertiary/aromatic N) is 2. The van der Waals surface area contributed by atoms with Gasteiger partial charge >= 0.3 is 0 Å². The number of rotatable bonds is 3. The lowest BCUT2D eigenvalue weighted by molar-refractivity contribution is -0.385. The number of nitro groups is 1. The Kier molecular flexibility index (Phi) is 3.75. The zero-order valence-corrected chi connectivity index (χ0v) is 13.8. The number of hydrogen-bond acceptors (Lipinski definition) is 4. The lowest BCUT2D eigenvalue weighted by Gasteiger charge is -2.48. The fourth-order valence-corrected chi connectivity index (χ4v) is 3.32. The second-order valence-corrected chi connectivity index (χ2v) is 6.32. The molecule has 1 aliphatic rings. The molecule has 6 nitrogen and oxygen atoms in total. The number of para-hydroxylation sites is 1. The van der Waals surface area contributed by atoms with Crippen molar-refractivity contribution in [3.8, 4) is 0 Å². The fourth-order valence-electron chi connectivity index (χ4n) is 3.32. The van der Waals surface area contributed by atoms with E-state index >= 15 is 0 Å². The van der Waals surface area contributed by atoms with Gasteiger partial charge in [-0.05, 0) is 32.9 Å². The molecule has 1 heterocycles. The van der Waals surface area contributed by atoms with Crippen molar-refractivity contribution in [3.63, 3.8) is 0 Å². The van der Waals surface area contributed by atoms with Crippen LogP contribution in [0.25, 0.3) is 0 Å². The molecular weight excluding hydrogens is 306 g/mol. The highest BCUT2D eigenvalue weighted by atomic mass is 16.6. The zero-order chi connectivity index (χ0) is 17.5. The predicted molar refractivity (Wildman–Crippen MR) is 91.8 cm³/mol. The molecular formula is C18H19N3O3. The number of anilines is 1. The van der Waals surface area contributed by atoms with Crippen molar-refractivity contribution in [1.29, 1.82) is 0 Å². The van der Waals surface area contributed by atoms with Crippen LogP contribution in [0.5, 0.6) is 0 Å². The first-order chi connectivity index (χ1) is 11.3. The SMILES string of the molecule is CC(C)N1C(=O)c2ccccc2NC1(C)c1cccc([N+](=O)[O-])c1. The summed E-state index contributed by atoms with van der Waals surface area (Å²) < 4.78 is 0. The first-order valence-electron chi connectivity index (χ1n) is 7.80. The van der Waals surface area contributed by atoms with Gasteiger partial charge in [0.1, 0.15) is 5.66 Å². The summed E-state index contributed by atoms with van der Waals surface area (Å²) in [7, 11) is 0. The number of hydrogen-bond donors (Lipinski definition) is 1. The van der Waals surface area contributed by atoms with E-state index in [1.807, 2.05) is 39.0 Å². The standard InChI is InChI=1S/C18H19N3O3/c1-12(2)20-17(22)15-9-4-5-10-16(15)19-18(20,3)13-7-6-8-14(11-13)21(23)24/h4-12,19H,1-3H3. The van der Waals surface area contributed by atoms with Crippen molar-refractivity contribution < 1.29 is 9.72 Å². The van der Waals surface area contributed by atoms with E-state index in [1.54, 1.807) is 23.1 Å². The van der Waals surface area contributed by atoms with Gasteiger partial charge in [-0.2, -0.15) is 0 Å². The minimum atomic E-state index is -0.869. The molecule has 124 valence electrons. The summed E-state index contributed by atoms with van der Waals surface area (Å²) in [6.45, 7) is 5.74. The molecule has 0 radical (unpaired) electrons. The summed E-state index contributed by atoms with van der Waals surface area (Å²) in [4.78, 5) is 25.4. The van der Waals surface area contributed by atoms with E-state index in [0.29, 0.717) is 11.1 Å². The molecule has 24 heavy (non-hydrogen) atoms. The highest BCUT2D eigenvalue weighted by Crippen LogP contribution is 2.39. The Labute approximate surface area is 140 Å². The minimum absolute atomic E-state index is 0.00513. The number of carbonyl (C=O) groups excluding carboxylic acids is 1. The van der Waals surface area contributed by atoms with Gasteiger partial charge in [-0.1, -0.05) is 24.3 Å². The van der Waals surface area contributed by atoms with E-state index in [9.17, 15) is 14.9 Å². The van der Waals surface area contributed by atoms with Crippen LogP contribution >= 0.6 is 0 Å². The van der Waals surface area contributed by atoms with Crippen molar-refractivity contribution in [3.05, 3.63) is 69.8 Å². The molecule has 2 aromatic carbocycles. The molecule has 0 saturated carbocycles. The average molecular weight is 325 g/mol. The van der Waals surface area contributed by atoms with Gasteiger partial charge in [-0.3, -0.25) is 14.9 Å². The van der Waals surface area contributed by atoms with E-state index in [1.165, 1.54) is 12.1 Å². The summed E-state index contributed by atoms with van der Waals surface area (Å²) >= 11 is 0. The smallest absolute Gasteiger partial charge is 0.269 e. The monoisotopic (exact) mass is 325 g/mol. The second-order valence-electron chi connectivity index (χ2n) is 6.32. The van der Waals surface area contributed by atoms with Crippen LogP contribution in [0, 0.1) is 10.1 Å². The number of nitro benzene ring substituents is 1. The summed E-state index contributed by atoms with van der Waals surface area (Å²) in [6, 6.07) is 13.6.